The Morgan fingerprint density at radius 1 is 1.10 bits per heavy atom. The Hall–Kier alpha value is -1.74. The molecule has 1 aromatic carbocycles. The maximum Gasteiger partial charge on any atom is 0.324 e. The van der Waals surface area contributed by atoms with Gasteiger partial charge in [0.1, 0.15) is 16.4 Å². The number of thiophene rings is 1. The van der Waals surface area contributed by atoms with E-state index in [4.69, 9.17) is 9.57 Å². The van der Waals surface area contributed by atoms with E-state index in [2.05, 4.69) is 6.92 Å². The van der Waals surface area contributed by atoms with Crippen molar-refractivity contribution in [3.63, 3.8) is 0 Å². The Labute approximate surface area is 177 Å². The van der Waals surface area contributed by atoms with Crippen LogP contribution in [0.1, 0.15) is 47.1 Å². The number of benzene rings is 1. The van der Waals surface area contributed by atoms with Crippen molar-refractivity contribution in [2.75, 3.05) is 6.54 Å². The van der Waals surface area contributed by atoms with E-state index < -0.39 is 34.2 Å². The van der Waals surface area contributed by atoms with Crippen molar-refractivity contribution in [2.24, 2.45) is 0 Å². The molecule has 1 heterocycles. The third kappa shape index (κ3) is 6.64. The molecule has 0 unspecified atom stereocenters. The summed E-state index contributed by atoms with van der Waals surface area (Å²) in [6, 6.07) is 11.3. The second kappa shape index (κ2) is 9.38. The summed E-state index contributed by atoms with van der Waals surface area (Å²) in [5.74, 6) is -0.673. The molecule has 2 aromatic rings. The number of aryl methyl sites for hydroxylation is 1. The summed E-state index contributed by atoms with van der Waals surface area (Å²) in [7, 11) is -4.02. The Kier molecular flexibility index (Phi) is 7.62. The van der Waals surface area contributed by atoms with Crippen LogP contribution in [0, 0.1) is 0 Å². The van der Waals surface area contributed by atoms with Crippen molar-refractivity contribution in [2.45, 2.75) is 63.9 Å². The Morgan fingerprint density at radius 2 is 1.72 bits per heavy atom. The fraction of sp³-hybridized carbons (Fsp3) is 0.476. The van der Waals surface area contributed by atoms with Gasteiger partial charge >= 0.3 is 5.97 Å². The lowest BCUT2D eigenvalue weighted by molar-refractivity contribution is -0.170. The van der Waals surface area contributed by atoms with Crippen molar-refractivity contribution in [1.82, 2.24) is 4.47 Å². The molecule has 0 amide bonds. The molecule has 0 N–H and O–H groups in total. The monoisotopic (exact) mass is 439 g/mol. The van der Waals surface area contributed by atoms with Crippen LogP contribution >= 0.6 is 11.3 Å². The van der Waals surface area contributed by atoms with Crippen LogP contribution in [0.3, 0.4) is 0 Å². The van der Waals surface area contributed by atoms with Crippen LogP contribution in [-0.2, 0) is 30.8 Å². The van der Waals surface area contributed by atoms with Gasteiger partial charge in [0.2, 0.25) is 0 Å². The lowest BCUT2D eigenvalue weighted by Gasteiger charge is -2.25. The lowest BCUT2D eigenvalue weighted by Crippen LogP contribution is -2.39. The van der Waals surface area contributed by atoms with Crippen LogP contribution in [0.2, 0.25) is 0 Å². The number of sulfonamides is 1. The van der Waals surface area contributed by atoms with E-state index >= 15 is 0 Å². The molecule has 0 saturated carbocycles. The van der Waals surface area contributed by atoms with Crippen LogP contribution in [-0.4, -0.2) is 37.1 Å². The summed E-state index contributed by atoms with van der Waals surface area (Å²) in [5.41, 5.74) is 1.44. The highest BCUT2D eigenvalue weighted by atomic mass is 32.2. The molecule has 0 saturated heterocycles. The van der Waals surface area contributed by atoms with Crippen LogP contribution in [0.25, 0.3) is 10.4 Å². The lowest BCUT2D eigenvalue weighted by atomic mass is 10.1. The van der Waals surface area contributed by atoms with E-state index in [1.807, 2.05) is 24.3 Å². The van der Waals surface area contributed by atoms with Gasteiger partial charge in [-0.05, 0) is 64.3 Å². The SMILES string of the molecule is CCc1ccc(-c2ccc(S(=O)(=O)N(CC(=O)OC(C)(C)C)OC(C)C)s2)cc1. The van der Waals surface area contributed by atoms with Gasteiger partial charge in [-0.2, -0.15) is 0 Å². The molecule has 0 radical (unpaired) electrons. The maximum absolute atomic E-state index is 13.1. The molecule has 0 aliphatic rings. The second-order valence-corrected chi connectivity index (χ2v) is 11.0. The van der Waals surface area contributed by atoms with E-state index in [0.717, 1.165) is 32.7 Å². The quantitative estimate of drug-likeness (QED) is 0.442. The minimum absolute atomic E-state index is 0.108. The summed E-state index contributed by atoms with van der Waals surface area (Å²) in [4.78, 5) is 18.5. The molecule has 2 rings (SSSR count). The van der Waals surface area contributed by atoms with Crippen molar-refractivity contribution >= 4 is 27.3 Å². The van der Waals surface area contributed by atoms with Gasteiger partial charge in [-0.3, -0.25) is 9.63 Å². The first-order chi connectivity index (χ1) is 13.4. The number of carbonyl (C=O) groups excluding carboxylic acids is 1. The van der Waals surface area contributed by atoms with Crippen LogP contribution in [0.15, 0.2) is 40.6 Å². The number of ether oxygens (including phenoxy) is 1. The van der Waals surface area contributed by atoms with Crippen molar-refractivity contribution in [3.05, 3.63) is 42.0 Å². The van der Waals surface area contributed by atoms with Crippen LogP contribution in [0.5, 0.6) is 0 Å². The molecular formula is C21H29NO5S2. The number of hydrogen-bond acceptors (Lipinski definition) is 6. The predicted octanol–water partition coefficient (Wildman–Crippen LogP) is 4.65. The molecule has 160 valence electrons. The molecule has 0 bridgehead atoms. The minimum atomic E-state index is -4.02. The molecular weight excluding hydrogens is 410 g/mol. The Balaban J connectivity index is 2.28. The molecule has 6 nitrogen and oxygen atoms in total. The molecule has 0 aliphatic heterocycles. The smallest absolute Gasteiger partial charge is 0.324 e. The number of esters is 1. The predicted molar refractivity (Wildman–Crippen MR) is 115 cm³/mol. The average molecular weight is 440 g/mol. The standard InChI is InChI=1S/C21H29NO5S2/c1-7-16-8-10-17(11-9-16)18-12-13-20(28-18)29(24,25)22(27-15(2)3)14-19(23)26-21(4,5)6/h8-13,15H,7,14H2,1-6H3. The zero-order valence-corrected chi connectivity index (χ0v) is 19.4. The number of rotatable bonds is 8. The number of hydroxylamine groups is 1. The summed E-state index contributed by atoms with van der Waals surface area (Å²) in [6.45, 7) is 10.1. The minimum Gasteiger partial charge on any atom is -0.459 e. The molecule has 0 spiro atoms. The third-order valence-electron chi connectivity index (χ3n) is 3.76. The first-order valence-electron chi connectivity index (χ1n) is 9.53. The Morgan fingerprint density at radius 3 is 2.24 bits per heavy atom. The van der Waals surface area contributed by atoms with E-state index in [0.29, 0.717) is 0 Å². The normalized spacial score (nSPS) is 12.6. The van der Waals surface area contributed by atoms with Gasteiger partial charge in [0.25, 0.3) is 10.0 Å². The highest BCUT2D eigenvalue weighted by molar-refractivity contribution is 7.91. The summed E-state index contributed by atoms with van der Waals surface area (Å²) in [6.07, 6.45) is 0.518. The van der Waals surface area contributed by atoms with Crippen molar-refractivity contribution in [1.29, 1.82) is 0 Å². The highest BCUT2D eigenvalue weighted by Gasteiger charge is 2.32. The molecule has 8 heteroatoms. The molecule has 29 heavy (non-hydrogen) atoms. The van der Waals surface area contributed by atoms with E-state index in [1.165, 1.54) is 11.6 Å². The average Bonchev–Trinajstić information content (AvgIpc) is 3.10. The topological polar surface area (TPSA) is 72.9 Å². The fourth-order valence-electron chi connectivity index (χ4n) is 2.51. The molecule has 0 atom stereocenters. The third-order valence-corrected chi connectivity index (χ3v) is 6.96. The fourth-order valence-corrected chi connectivity index (χ4v) is 5.20. The zero-order valence-electron chi connectivity index (χ0n) is 17.8. The summed E-state index contributed by atoms with van der Waals surface area (Å²) < 4.78 is 32.3. The van der Waals surface area contributed by atoms with Gasteiger partial charge in [-0.1, -0.05) is 35.7 Å². The van der Waals surface area contributed by atoms with Gasteiger partial charge < -0.3 is 4.74 Å². The molecule has 1 aromatic heterocycles. The van der Waals surface area contributed by atoms with Crippen LogP contribution < -0.4 is 0 Å². The molecule has 0 fully saturated rings. The highest BCUT2D eigenvalue weighted by Crippen LogP contribution is 2.33. The first-order valence-corrected chi connectivity index (χ1v) is 11.8. The van der Waals surface area contributed by atoms with Gasteiger partial charge in [0.05, 0.1) is 6.10 Å². The van der Waals surface area contributed by atoms with E-state index in [1.54, 1.807) is 40.7 Å². The van der Waals surface area contributed by atoms with Crippen molar-refractivity contribution in [3.8, 4) is 10.4 Å². The van der Waals surface area contributed by atoms with Crippen molar-refractivity contribution < 1.29 is 22.8 Å². The maximum atomic E-state index is 13.1. The number of carbonyl (C=O) groups is 1. The van der Waals surface area contributed by atoms with Gasteiger partial charge in [0, 0.05) is 4.88 Å². The van der Waals surface area contributed by atoms with E-state index in [-0.39, 0.29) is 4.21 Å². The van der Waals surface area contributed by atoms with Gasteiger partial charge in [-0.15, -0.1) is 11.3 Å². The zero-order chi connectivity index (χ0) is 21.8. The van der Waals surface area contributed by atoms with Crippen LogP contribution in [0.4, 0.5) is 0 Å². The van der Waals surface area contributed by atoms with E-state index in [9.17, 15) is 13.2 Å². The van der Waals surface area contributed by atoms with Gasteiger partial charge in [-0.25, -0.2) is 8.42 Å². The summed E-state index contributed by atoms with van der Waals surface area (Å²) >= 11 is 1.14. The van der Waals surface area contributed by atoms with Gasteiger partial charge in [0.15, 0.2) is 0 Å². The summed E-state index contributed by atoms with van der Waals surface area (Å²) in [5, 5.41) is 0. The number of nitrogens with zero attached hydrogens (tertiary/aromatic N) is 1. The second-order valence-electron chi connectivity index (χ2n) is 7.88. The first kappa shape index (κ1) is 23.5. The molecule has 0 aliphatic carbocycles. The number of hydrogen-bond donors (Lipinski definition) is 0. The Bertz CT molecular complexity index is 925. The largest absolute Gasteiger partial charge is 0.459 e.